The van der Waals surface area contributed by atoms with Crippen molar-refractivity contribution in [1.82, 2.24) is 19.3 Å². The van der Waals surface area contributed by atoms with Crippen LogP contribution in [0.5, 0.6) is 0 Å². The first kappa shape index (κ1) is 19.8. The summed E-state index contributed by atoms with van der Waals surface area (Å²) in [6.45, 7) is 5.50. The summed E-state index contributed by atoms with van der Waals surface area (Å²) >= 11 is 0. The van der Waals surface area contributed by atoms with Crippen LogP contribution >= 0.6 is 0 Å². The van der Waals surface area contributed by atoms with Crippen molar-refractivity contribution in [2.75, 3.05) is 5.32 Å². The number of amides is 1. The number of benzene rings is 1. The molecule has 1 aliphatic heterocycles. The van der Waals surface area contributed by atoms with Crippen LogP contribution in [0, 0.1) is 20.8 Å². The van der Waals surface area contributed by atoms with Crippen LogP contribution in [0.1, 0.15) is 35.6 Å². The third-order valence-electron chi connectivity index (χ3n) is 5.38. The van der Waals surface area contributed by atoms with Crippen molar-refractivity contribution in [3.8, 4) is 11.4 Å². The van der Waals surface area contributed by atoms with Gasteiger partial charge in [-0.25, -0.2) is 4.79 Å². The summed E-state index contributed by atoms with van der Waals surface area (Å²) in [6, 6.07) is 5.68. The van der Waals surface area contributed by atoms with Crippen molar-refractivity contribution >= 4 is 11.6 Å². The highest BCUT2D eigenvalue weighted by atomic mass is 16.5. The lowest BCUT2D eigenvalue weighted by Gasteiger charge is -2.21. The number of hydrogen-bond acceptors (Lipinski definition) is 6. The zero-order chi connectivity index (χ0) is 21.4. The molecule has 0 saturated heterocycles. The molecule has 3 heterocycles. The zero-order valence-electron chi connectivity index (χ0n) is 17.2. The number of para-hydroxylation sites is 1. The number of hydrogen-bond donors (Lipinski definition) is 1. The van der Waals surface area contributed by atoms with Crippen LogP contribution < -0.4 is 16.6 Å². The summed E-state index contributed by atoms with van der Waals surface area (Å²) in [6.07, 6.45) is 2.26. The molecule has 9 heteroatoms. The first-order valence-electron chi connectivity index (χ1n) is 9.90. The minimum atomic E-state index is -0.578. The predicted octanol–water partition coefficient (Wildman–Crippen LogP) is 1.96. The molecule has 30 heavy (non-hydrogen) atoms. The topological polar surface area (TPSA) is 112 Å². The van der Waals surface area contributed by atoms with E-state index < -0.39 is 23.7 Å². The molecule has 0 spiro atoms. The molecule has 0 saturated carbocycles. The number of nitrogens with zero attached hydrogens (tertiary/aromatic N) is 4. The summed E-state index contributed by atoms with van der Waals surface area (Å²) in [5.41, 5.74) is 2.25. The lowest BCUT2D eigenvalue weighted by molar-refractivity contribution is -0.116. The Bertz CT molecular complexity index is 1230. The summed E-state index contributed by atoms with van der Waals surface area (Å²) in [4.78, 5) is 43.2. The van der Waals surface area contributed by atoms with E-state index in [1.54, 1.807) is 11.5 Å². The third kappa shape index (κ3) is 3.47. The van der Waals surface area contributed by atoms with E-state index in [1.807, 2.05) is 32.0 Å². The average Bonchev–Trinajstić information content (AvgIpc) is 3.14. The Morgan fingerprint density at radius 3 is 2.57 bits per heavy atom. The standard InChI is InChI=1S/C21H23N5O4/c1-12-7-6-8-13(2)18(12)23-16(27)11-26-20(28)17(19-22-14(3)30-24-19)15-9-4-5-10-25(15)21(26)29/h6-8H,4-5,9-11H2,1-3H3,(H,23,27). The maximum Gasteiger partial charge on any atom is 0.331 e. The highest BCUT2D eigenvalue weighted by molar-refractivity contribution is 5.92. The SMILES string of the molecule is Cc1nc(-c2c3n(c(=O)n(CC(=O)Nc4c(C)cccc4C)c2=O)CCCC3)no1. The Morgan fingerprint density at radius 2 is 1.90 bits per heavy atom. The molecule has 0 atom stereocenters. The number of aryl methyl sites for hydroxylation is 3. The minimum absolute atomic E-state index is 0.145. The molecule has 4 rings (SSSR count). The molecular formula is C21H23N5O4. The van der Waals surface area contributed by atoms with Gasteiger partial charge in [0.1, 0.15) is 12.1 Å². The Balaban J connectivity index is 1.78. The molecule has 0 fully saturated rings. The van der Waals surface area contributed by atoms with Crippen LogP contribution in [0.4, 0.5) is 5.69 Å². The Labute approximate surface area is 172 Å². The minimum Gasteiger partial charge on any atom is -0.339 e. The quantitative estimate of drug-likeness (QED) is 0.705. The second kappa shape index (κ2) is 7.74. The van der Waals surface area contributed by atoms with Crippen LogP contribution in [0.25, 0.3) is 11.4 Å². The molecule has 9 nitrogen and oxygen atoms in total. The fourth-order valence-electron chi connectivity index (χ4n) is 3.89. The first-order valence-corrected chi connectivity index (χ1v) is 9.90. The number of aromatic nitrogens is 4. The van der Waals surface area contributed by atoms with Gasteiger partial charge in [0.05, 0.1) is 0 Å². The second-order valence-electron chi connectivity index (χ2n) is 7.56. The summed E-state index contributed by atoms with van der Waals surface area (Å²) in [5, 5.41) is 6.71. The molecule has 1 aromatic carbocycles. The monoisotopic (exact) mass is 409 g/mol. The van der Waals surface area contributed by atoms with Gasteiger partial charge in [0.2, 0.25) is 17.6 Å². The number of nitrogens with one attached hydrogen (secondary N) is 1. The van der Waals surface area contributed by atoms with Gasteiger partial charge in [0, 0.05) is 24.8 Å². The first-order chi connectivity index (χ1) is 14.4. The van der Waals surface area contributed by atoms with Crippen LogP contribution in [0.15, 0.2) is 32.3 Å². The molecular weight excluding hydrogens is 386 g/mol. The molecule has 0 radical (unpaired) electrons. The Morgan fingerprint density at radius 1 is 1.17 bits per heavy atom. The molecule has 1 aliphatic rings. The molecule has 3 aromatic rings. The van der Waals surface area contributed by atoms with Crippen molar-refractivity contribution in [2.45, 2.75) is 53.1 Å². The molecule has 2 aromatic heterocycles. The van der Waals surface area contributed by atoms with E-state index in [4.69, 9.17) is 4.52 Å². The maximum absolute atomic E-state index is 13.2. The maximum atomic E-state index is 13.2. The van der Waals surface area contributed by atoms with Gasteiger partial charge in [-0.1, -0.05) is 23.4 Å². The van der Waals surface area contributed by atoms with Crippen molar-refractivity contribution in [3.63, 3.8) is 0 Å². The average molecular weight is 409 g/mol. The molecule has 1 N–H and O–H groups in total. The predicted molar refractivity (Wildman–Crippen MR) is 110 cm³/mol. The van der Waals surface area contributed by atoms with E-state index in [0.29, 0.717) is 30.2 Å². The van der Waals surface area contributed by atoms with E-state index in [9.17, 15) is 14.4 Å². The van der Waals surface area contributed by atoms with Crippen LogP contribution in [-0.4, -0.2) is 25.2 Å². The second-order valence-corrected chi connectivity index (χ2v) is 7.56. The van der Waals surface area contributed by atoms with Gasteiger partial charge < -0.3 is 9.84 Å². The number of carbonyl (C=O) groups is 1. The number of carbonyl (C=O) groups excluding carboxylic acids is 1. The molecule has 0 bridgehead atoms. The van der Waals surface area contributed by atoms with Crippen LogP contribution in [0.3, 0.4) is 0 Å². The molecule has 0 unspecified atom stereocenters. The lowest BCUT2D eigenvalue weighted by Crippen LogP contribution is -2.45. The highest BCUT2D eigenvalue weighted by Gasteiger charge is 2.26. The molecule has 0 aliphatic carbocycles. The van der Waals surface area contributed by atoms with Crippen molar-refractivity contribution in [1.29, 1.82) is 0 Å². The smallest absolute Gasteiger partial charge is 0.331 e. The van der Waals surface area contributed by atoms with E-state index in [0.717, 1.165) is 28.5 Å². The number of rotatable bonds is 4. The number of fused-ring (bicyclic) bond motifs is 1. The third-order valence-corrected chi connectivity index (χ3v) is 5.38. The fourth-order valence-corrected chi connectivity index (χ4v) is 3.89. The zero-order valence-corrected chi connectivity index (χ0v) is 17.2. The fraction of sp³-hybridized carbons (Fsp3) is 0.381. The summed E-state index contributed by atoms with van der Waals surface area (Å²) in [5.74, 6) is 0.0229. The van der Waals surface area contributed by atoms with E-state index in [-0.39, 0.29) is 11.4 Å². The van der Waals surface area contributed by atoms with Gasteiger partial charge in [-0.3, -0.25) is 18.7 Å². The van der Waals surface area contributed by atoms with Gasteiger partial charge in [-0.15, -0.1) is 0 Å². The van der Waals surface area contributed by atoms with Gasteiger partial charge in [-0.05, 0) is 44.2 Å². The summed E-state index contributed by atoms with van der Waals surface area (Å²) in [7, 11) is 0. The largest absolute Gasteiger partial charge is 0.339 e. The van der Waals surface area contributed by atoms with E-state index >= 15 is 0 Å². The Kier molecular flexibility index (Phi) is 5.11. The molecule has 156 valence electrons. The number of anilines is 1. The normalized spacial score (nSPS) is 13.2. The van der Waals surface area contributed by atoms with Gasteiger partial charge in [-0.2, -0.15) is 4.98 Å². The van der Waals surface area contributed by atoms with E-state index in [2.05, 4.69) is 15.5 Å². The van der Waals surface area contributed by atoms with Crippen molar-refractivity contribution in [3.05, 3.63) is 61.7 Å². The van der Waals surface area contributed by atoms with Gasteiger partial charge >= 0.3 is 5.69 Å². The highest BCUT2D eigenvalue weighted by Crippen LogP contribution is 2.22. The van der Waals surface area contributed by atoms with Crippen molar-refractivity contribution in [2.24, 2.45) is 0 Å². The van der Waals surface area contributed by atoms with Crippen LogP contribution in [0.2, 0.25) is 0 Å². The van der Waals surface area contributed by atoms with Gasteiger partial charge in [0.25, 0.3) is 5.56 Å². The van der Waals surface area contributed by atoms with Crippen molar-refractivity contribution < 1.29 is 9.32 Å². The van der Waals surface area contributed by atoms with E-state index in [1.165, 1.54) is 0 Å². The summed E-state index contributed by atoms with van der Waals surface area (Å²) < 4.78 is 7.56. The molecule has 1 amide bonds. The van der Waals surface area contributed by atoms with Gasteiger partial charge in [0.15, 0.2) is 0 Å². The van der Waals surface area contributed by atoms with Crippen LogP contribution in [-0.2, 0) is 24.3 Å². The lowest BCUT2D eigenvalue weighted by atomic mass is 10.0. The Hall–Kier alpha value is -3.49.